The lowest BCUT2D eigenvalue weighted by atomic mass is 9.75. The number of aromatic nitrogens is 2. The number of hydrogen-bond acceptors (Lipinski definition) is 2. The summed E-state index contributed by atoms with van der Waals surface area (Å²) in [7, 11) is 0. The molecule has 0 saturated heterocycles. The van der Waals surface area contributed by atoms with Crippen LogP contribution in [0.25, 0.3) is 0 Å². The van der Waals surface area contributed by atoms with Gasteiger partial charge in [-0.2, -0.15) is 0 Å². The highest BCUT2D eigenvalue weighted by atomic mass is 15.0. The van der Waals surface area contributed by atoms with Gasteiger partial charge in [0.05, 0.1) is 6.33 Å². The first-order valence-corrected chi connectivity index (χ1v) is 6.05. The third kappa shape index (κ3) is 2.59. The Morgan fingerprint density at radius 3 is 2.87 bits per heavy atom. The van der Waals surface area contributed by atoms with Gasteiger partial charge in [0.2, 0.25) is 0 Å². The lowest BCUT2D eigenvalue weighted by molar-refractivity contribution is 0.177. The molecule has 1 aromatic heterocycles. The van der Waals surface area contributed by atoms with Crippen molar-refractivity contribution in [2.45, 2.75) is 51.1 Å². The molecule has 0 aliphatic heterocycles. The van der Waals surface area contributed by atoms with E-state index in [1.807, 2.05) is 18.7 Å². The number of nitrogens with zero attached hydrogens (tertiary/aromatic N) is 2. The van der Waals surface area contributed by atoms with E-state index in [2.05, 4.69) is 21.8 Å². The molecule has 1 aliphatic carbocycles. The van der Waals surface area contributed by atoms with Crippen LogP contribution in [0.2, 0.25) is 0 Å². The number of aryl methyl sites for hydroxylation is 1. The van der Waals surface area contributed by atoms with E-state index in [-0.39, 0.29) is 0 Å². The van der Waals surface area contributed by atoms with Crippen molar-refractivity contribution in [2.75, 3.05) is 6.54 Å². The second-order valence-corrected chi connectivity index (χ2v) is 4.57. The highest BCUT2D eigenvalue weighted by Gasteiger charge is 2.33. The molecule has 1 saturated carbocycles. The zero-order chi connectivity index (χ0) is 10.6. The van der Waals surface area contributed by atoms with Gasteiger partial charge in [0, 0.05) is 24.5 Å². The summed E-state index contributed by atoms with van der Waals surface area (Å²) in [6.45, 7) is 4.50. The van der Waals surface area contributed by atoms with E-state index < -0.39 is 0 Å². The van der Waals surface area contributed by atoms with Crippen molar-refractivity contribution < 1.29 is 0 Å². The number of rotatable bonds is 6. The van der Waals surface area contributed by atoms with E-state index in [4.69, 9.17) is 0 Å². The van der Waals surface area contributed by atoms with Crippen LogP contribution in [0.4, 0.5) is 0 Å². The van der Waals surface area contributed by atoms with Crippen LogP contribution in [0.1, 0.15) is 39.0 Å². The Kier molecular flexibility index (Phi) is 3.41. The molecule has 0 unspecified atom stereocenters. The highest BCUT2D eigenvalue weighted by Crippen LogP contribution is 2.34. The average molecular weight is 207 g/mol. The van der Waals surface area contributed by atoms with Crippen LogP contribution in [0.3, 0.4) is 0 Å². The Bertz CT molecular complexity index is 270. The maximum Gasteiger partial charge on any atom is 0.0945 e. The molecule has 0 aromatic carbocycles. The number of nitrogens with one attached hydrogen (secondary N) is 1. The molecule has 0 atom stereocenters. The summed E-state index contributed by atoms with van der Waals surface area (Å²) in [4.78, 5) is 4.04. The van der Waals surface area contributed by atoms with Crippen molar-refractivity contribution >= 4 is 0 Å². The number of hydrogen-bond donors (Lipinski definition) is 1. The molecule has 1 heterocycles. The third-order valence-corrected chi connectivity index (χ3v) is 3.64. The predicted molar refractivity (Wildman–Crippen MR) is 61.7 cm³/mol. The second kappa shape index (κ2) is 4.79. The molecule has 0 spiro atoms. The van der Waals surface area contributed by atoms with Crippen LogP contribution in [0, 0.1) is 0 Å². The molecular formula is C12H21N3. The largest absolute Gasteiger partial charge is 0.337 e. The van der Waals surface area contributed by atoms with Crippen LogP contribution in [0.15, 0.2) is 18.7 Å². The van der Waals surface area contributed by atoms with Gasteiger partial charge in [-0.05, 0) is 38.6 Å². The van der Waals surface area contributed by atoms with E-state index in [9.17, 15) is 0 Å². The first kappa shape index (κ1) is 10.7. The molecule has 0 radical (unpaired) electrons. The molecule has 2 rings (SSSR count). The molecule has 1 aromatic rings. The summed E-state index contributed by atoms with van der Waals surface area (Å²) in [6.07, 6.45) is 12.4. The Balaban J connectivity index is 1.62. The normalized spacial score (nSPS) is 18.7. The maximum absolute atomic E-state index is 4.04. The summed E-state index contributed by atoms with van der Waals surface area (Å²) < 4.78 is 2.14. The minimum absolute atomic E-state index is 0.495. The van der Waals surface area contributed by atoms with Crippen molar-refractivity contribution in [3.05, 3.63) is 18.7 Å². The van der Waals surface area contributed by atoms with Crippen molar-refractivity contribution in [3.8, 4) is 0 Å². The summed E-state index contributed by atoms with van der Waals surface area (Å²) in [5, 5.41) is 3.71. The minimum Gasteiger partial charge on any atom is -0.337 e. The van der Waals surface area contributed by atoms with Crippen molar-refractivity contribution in [3.63, 3.8) is 0 Å². The Hall–Kier alpha value is -0.830. The SMILES string of the molecule is CCC1(NCCCn2ccnc2)CCC1. The average Bonchev–Trinajstić information content (AvgIpc) is 2.68. The summed E-state index contributed by atoms with van der Waals surface area (Å²) >= 11 is 0. The van der Waals surface area contributed by atoms with E-state index in [1.165, 1.54) is 32.1 Å². The molecule has 3 heteroatoms. The fourth-order valence-corrected chi connectivity index (χ4v) is 2.29. The van der Waals surface area contributed by atoms with Gasteiger partial charge in [0.15, 0.2) is 0 Å². The van der Waals surface area contributed by atoms with Crippen molar-refractivity contribution in [1.29, 1.82) is 0 Å². The van der Waals surface area contributed by atoms with Gasteiger partial charge < -0.3 is 9.88 Å². The maximum atomic E-state index is 4.04. The van der Waals surface area contributed by atoms with Crippen molar-refractivity contribution in [1.82, 2.24) is 14.9 Å². The lowest BCUT2D eigenvalue weighted by Gasteiger charge is -2.42. The third-order valence-electron chi connectivity index (χ3n) is 3.64. The predicted octanol–water partition coefficient (Wildman–Crippen LogP) is 2.20. The van der Waals surface area contributed by atoms with Gasteiger partial charge in [-0.15, -0.1) is 0 Å². The molecule has 1 N–H and O–H groups in total. The molecule has 15 heavy (non-hydrogen) atoms. The van der Waals surface area contributed by atoms with Crippen LogP contribution >= 0.6 is 0 Å². The van der Waals surface area contributed by atoms with E-state index in [1.54, 1.807) is 0 Å². The van der Waals surface area contributed by atoms with Gasteiger partial charge in [-0.1, -0.05) is 6.92 Å². The zero-order valence-corrected chi connectivity index (χ0v) is 9.58. The molecule has 84 valence electrons. The lowest BCUT2D eigenvalue weighted by Crippen LogP contribution is -2.50. The Morgan fingerprint density at radius 2 is 2.33 bits per heavy atom. The topological polar surface area (TPSA) is 29.9 Å². The summed E-state index contributed by atoms with van der Waals surface area (Å²) in [5.41, 5.74) is 0.495. The van der Waals surface area contributed by atoms with Crippen LogP contribution in [-0.2, 0) is 6.54 Å². The van der Waals surface area contributed by atoms with Crippen LogP contribution in [0.5, 0.6) is 0 Å². The molecule has 1 fully saturated rings. The molecule has 3 nitrogen and oxygen atoms in total. The Morgan fingerprint density at radius 1 is 1.47 bits per heavy atom. The monoisotopic (exact) mass is 207 g/mol. The molecule has 0 amide bonds. The van der Waals surface area contributed by atoms with Gasteiger partial charge in [0.1, 0.15) is 0 Å². The quantitative estimate of drug-likeness (QED) is 0.725. The fraction of sp³-hybridized carbons (Fsp3) is 0.750. The van der Waals surface area contributed by atoms with E-state index in [0.29, 0.717) is 5.54 Å². The smallest absolute Gasteiger partial charge is 0.0945 e. The summed E-state index contributed by atoms with van der Waals surface area (Å²) in [6, 6.07) is 0. The highest BCUT2D eigenvalue weighted by molar-refractivity contribution is 4.94. The van der Waals surface area contributed by atoms with Gasteiger partial charge >= 0.3 is 0 Å². The molecule has 0 bridgehead atoms. The molecular weight excluding hydrogens is 186 g/mol. The van der Waals surface area contributed by atoms with Gasteiger partial charge in [-0.3, -0.25) is 0 Å². The van der Waals surface area contributed by atoms with E-state index in [0.717, 1.165) is 13.1 Å². The Labute approximate surface area is 91.9 Å². The van der Waals surface area contributed by atoms with Crippen LogP contribution < -0.4 is 5.32 Å². The number of imidazole rings is 1. The first-order chi connectivity index (χ1) is 7.35. The second-order valence-electron chi connectivity index (χ2n) is 4.57. The van der Waals surface area contributed by atoms with Gasteiger partial charge in [0.25, 0.3) is 0 Å². The minimum atomic E-state index is 0.495. The molecule has 1 aliphatic rings. The van der Waals surface area contributed by atoms with E-state index >= 15 is 0 Å². The van der Waals surface area contributed by atoms with Crippen molar-refractivity contribution in [2.24, 2.45) is 0 Å². The van der Waals surface area contributed by atoms with Crippen LogP contribution in [-0.4, -0.2) is 21.6 Å². The summed E-state index contributed by atoms with van der Waals surface area (Å²) in [5.74, 6) is 0. The zero-order valence-electron chi connectivity index (χ0n) is 9.58. The standard InChI is InChI=1S/C12H21N3/c1-2-12(5-3-6-12)14-7-4-9-15-10-8-13-11-15/h8,10-11,14H,2-7,9H2,1H3. The van der Waals surface area contributed by atoms with Gasteiger partial charge in [-0.25, -0.2) is 4.98 Å². The fourth-order valence-electron chi connectivity index (χ4n) is 2.29. The first-order valence-electron chi connectivity index (χ1n) is 6.05.